The summed E-state index contributed by atoms with van der Waals surface area (Å²) >= 11 is 6.03. The van der Waals surface area contributed by atoms with E-state index in [1.54, 1.807) is 7.11 Å². The molecule has 3 nitrogen and oxygen atoms in total. The first-order valence-corrected chi connectivity index (χ1v) is 7.34. The molecule has 1 atom stereocenters. The fourth-order valence-electron chi connectivity index (χ4n) is 2.14. The summed E-state index contributed by atoms with van der Waals surface area (Å²) in [5, 5.41) is 4.18. The zero-order chi connectivity index (χ0) is 15.2. The lowest BCUT2D eigenvalue weighted by molar-refractivity contribution is 0.311. The van der Waals surface area contributed by atoms with Crippen LogP contribution in [-0.2, 0) is 0 Å². The molecule has 0 bridgehead atoms. The van der Waals surface area contributed by atoms with Crippen LogP contribution in [0.15, 0.2) is 42.5 Å². The minimum atomic E-state index is 0.145. The summed E-state index contributed by atoms with van der Waals surface area (Å²) in [5.74, 6) is 1.47. The highest BCUT2D eigenvalue weighted by Crippen LogP contribution is 2.31. The highest BCUT2D eigenvalue weighted by molar-refractivity contribution is 6.30. The smallest absolute Gasteiger partial charge is 0.162 e. The Balaban J connectivity index is 2.15. The zero-order valence-corrected chi connectivity index (χ0v) is 13.3. The summed E-state index contributed by atoms with van der Waals surface area (Å²) in [4.78, 5) is 0. The average molecular weight is 306 g/mol. The van der Waals surface area contributed by atoms with Gasteiger partial charge in [0.15, 0.2) is 11.5 Å². The van der Waals surface area contributed by atoms with Gasteiger partial charge in [-0.2, -0.15) is 0 Å². The molecule has 1 N–H and O–H groups in total. The van der Waals surface area contributed by atoms with Crippen LogP contribution in [0.25, 0.3) is 0 Å². The Morgan fingerprint density at radius 3 is 2.62 bits per heavy atom. The van der Waals surface area contributed by atoms with E-state index in [0.29, 0.717) is 6.61 Å². The van der Waals surface area contributed by atoms with Crippen LogP contribution in [0, 0.1) is 0 Å². The molecule has 2 aromatic carbocycles. The summed E-state index contributed by atoms with van der Waals surface area (Å²) in [5.41, 5.74) is 2.11. The SMILES string of the molecule is CCOc1ccc(NC(C)c2cccc(Cl)c2)cc1OC. The van der Waals surface area contributed by atoms with E-state index in [1.807, 2.05) is 43.3 Å². The minimum Gasteiger partial charge on any atom is -0.493 e. The zero-order valence-electron chi connectivity index (χ0n) is 12.5. The molecule has 0 spiro atoms. The third-order valence-electron chi connectivity index (χ3n) is 3.20. The number of hydrogen-bond donors (Lipinski definition) is 1. The Hall–Kier alpha value is -1.87. The molecule has 0 aliphatic rings. The van der Waals surface area contributed by atoms with Crippen molar-refractivity contribution in [1.82, 2.24) is 0 Å². The fraction of sp³-hybridized carbons (Fsp3) is 0.294. The van der Waals surface area contributed by atoms with Gasteiger partial charge in [0.2, 0.25) is 0 Å². The lowest BCUT2D eigenvalue weighted by Gasteiger charge is -2.17. The van der Waals surface area contributed by atoms with E-state index in [-0.39, 0.29) is 6.04 Å². The van der Waals surface area contributed by atoms with Gasteiger partial charge in [-0.25, -0.2) is 0 Å². The Kier molecular flexibility index (Phi) is 5.34. The van der Waals surface area contributed by atoms with Crippen LogP contribution in [0.2, 0.25) is 5.02 Å². The monoisotopic (exact) mass is 305 g/mol. The van der Waals surface area contributed by atoms with Gasteiger partial charge in [-0.1, -0.05) is 23.7 Å². The normalized spacial score (nSPS) is 11.8. The van der Waals surface area contributed by atoms with Crippen molar-refractivity contribution in [3.8, 4) is 11.5 Å². The quantitative estimate of drug-likeness (QED) is 0.821. The summed E-state index contributed by atoms with van der Waals surface area (Å²) in [6, 6.07) is 13.8. The lowest BCUT2D eigenvalue weighted by atomic mass is 10.1. The van der Waals surface area contributed by atoms with Crippen molar-refractivity contribution < 1.29 is 9.47 Å². The molecule has 112 valence electrons. The van der Waals surface area contributed by atoms with Gasteiger partial charge in [-0.05, 0) is 43.7 Å². The number of benzene rings is 2. The molecule has 2 aromatic rings. The van der Waals surface area contributed by atoms with Gasteiger partial charge in [0.1, 0.15) is 0 Å². The van der Waals surface area contributed by atoms with Gasteiger partial charge in [0.25, 0.3) is 0 Å². The molecule has 2 rings (SSSR count). The summed E-state index contributed by atoms with van der Waals surface area (Å²) < 4.78 is 10.9. The highest BCUT2D eigenvalue weighted by Gasteiger charge is 2.09. The molecule has 1 unspecified atom stereocenters. The topological polar surface area (TPSA) is 30.5 Å². The molecular weight excluding hydrogens is 286 g/mol. The van der Waals surface area contributed by atoms with Crippen LogP contribution in [0.4, 0.5) is 5.69 Å². The predicted octanol–water partition coefficient (Wildman–Crippen LogP) is 4.92. The molecule has 21 heavy (non-hydrogen) atoms. The highest BCUT2D eigenvalue weighted by atomic mass is 35.5. The summed E-state index contributed by atoms with van der Waals surface area (Å²) in [6.45, 7) is 4.66. The molecule has 4 heteroatoms. The second-order valence-corrected chi connectivity index (χ2v) is 5.16. The van der Waals surface area contributed by atoms with Gasteiger partial charge in [0, 0.05) is 22.8 Å². The standard InChI is InChI=1S/C17H20ClNO2/c1-4-21-16-9-8-15(11-17(16)20-3)19-12(2)13-6-5-7-14(18)10-13/h5-12,19H,4H2,1-3H3. The van der Waals surface area contributed by atoms with Crippen molar-refractivity contribution in [3.05, 3.63) is 53.1 Å². The van der Waals surface area contributed by atoms with Gasteiger partial charge >= 0.3 is 0 Å². The number of hydrogen-bond acceptors (Lipinski definition) is 3. The maximum absolute atomic E-state index is 6.03. The van der Waals surface area contributed by atoms with E-state index < -0.39 is 0 Å². The van der Waals surface area contributed by atoms with E-state index in [9.17, 15) is 0 Å². The second-order valence-electron chi connectivity index (χ2n) is 4.72. The van der Waals surface area contributed by atoms with E-state index in [2.05, 4.69) is 18.3 Å². The van der Waals surface area contributed by atoms with Gasteiger partial charge in [-0.3, -0.25) is 0 Å². The number of anilines is 1. The molecule has 0 heterocycles. The van der Waals surface area contributed by atoms with E-state index in [4.69, 9.17) is 21.1 Å². The molecular formula is C17H20ClNO2. The van der Waals surface area contributed by atoms with Gasteiger partial charge < -0.3 is 14.8 Å². The Morgan fingerprint density at radius 1 is 1.14 bits per heavy atom. The van der Waals surface area contributed by atoms with Crippen molar-refractivity contribution in [1.29, 1.82) is 0 Å². The predicted molar refractivity (Wildman–Crippen MR) is 87.7 cm³/mol. The van der Waals surface area contributed by atoms with Gasteiger partial charge in [-0.15, -0.1) is 0 Å². The first-order valence-electron chi connectivity index (χ1n) is 6.97. The lowest BCUT2D eigenvalue weighted by Crippen LogP contribution is -2.07. The van der Waals surface area contributed by atoms with Crippen LogP contribution < -0.4 is 14.8 Å². The first-order chi connectivity index (χ1) is 10.1. The molecule has 0 aromatic heterocycles. The Labute approximate surface area is 130 Å². The van der Waals surface area contributed by atoms with Gasteiger partial charge in [0.05, 0.1) is 13.7 Å². The largest absolute Gasteiger partial charge is 0.493 e. The molecule has 0 aliphatic carbocycles. The fourth-order valence-corrected chi connectivity index (χ4v) is 2.34. The van der Waals surface area contributed by atoms with Crippen LogP contribution in [-0.4, -0.2) is 13.7 Å². The van der Waals surface area contributed by atoms with Crippen molar-refractivity contribution in [2.75, 3.05) is 19.0 Å². The van der Waals surface area contributed by atoms with Crippen LogP contribution >= 0.6 is 11.6 Å². The molecule has 0 aliphatic heterocycles. The number of methoxy groups -OCH3 is 1. The van der Waals surface area contributed by atoms with Crippen molar-refractivity contribution >= 4 is 17.3 Å². The Morgan fingerprint density at radius 2 is 1.95 bits per heavy atom. The second kappa shape index (κ2) is 7.23. The van der Waals surface area contributed by atoms with Crippen molar-refractivity contribution in [3.63, 3.8) is 0 Å². The van der Waals surface area contributed by atoms with Crippen LogP contribution in [0.3, 0.4) is 0 Å². The van der Waals surface area contributed by atoms with Crippen LogP contribution in [0.1, 0.15) is 25.5 Å². The maximum Gasteiger partial charge on any atom is 0.162 e. The van der Waals surface area contributed by atoms with Crippen molar-refractivity contribution in [2.45, 2.75) is 19.9 Å². The number of rotatable bonds is 6. The molecule has 0 amide bonds. The molecule has 0 radical (unpaired) electrons. The third kappa shape index (κ3) is 4.05. The van der Waals surface area contributed by atoms with Crippen molar-refractivity contribution in [2.24, 2.45) is 0 Å². The third-order valence-corrected chi connectivity index (χ3v) is 3.43. The molecule has 0 saturated carbocycles. The number of halogens is 1. The molecule has 0 fully saturated rings. The van der Waals surface area contributed by atoms with E-state index >= 15 is 0 Å². The maximum atomic E-state index is 6.03. The molecule has 0 saturated heterocycles. The van der Waals surface area contributed by atoms with E-state index in [0.717, 1.165) is 27.8 Å². The van der Waals surface area contributed by atoms with E-state index in [1.165, 1.54) is 0 Å². The number of ether oxygens (including phenoxy) is 2. The van der Waals surface area contributed by atoms with Crippen LogP contribution in [0.5, 0.6) is 11.5 Å². The number of nitrogens with one attached hydrogen (secondary N) is 1. The summed E-state index contributed by atoms with van der Waals surface area (Å²) in [7, 11) is 1.64. The average Bonchev–Trinajstić information content (AvgIpc) is 2.49. The summed E-state index contributed by atoms with van der Waals surface area (Å²) in [6.07, 6.45) is 0. The Bertz CT molecular complexity index is 601. The first kappa shape index (κ1) is 15.5. The minimum absolute atomic E-state index is 0.145.